The van der Waals surface area contributed by atoms with E-state index in [-0.39, 0.29) is 11.3 Å². The predicted octanol–water partition coefficient (Wildman–Crippen LogP) is 0.497. The highest BCUT2D eigenvalue weighted by molar-refractivity contribution is 5.91. The molecule has 0 saturated heterocycles. The average molecular weight is 198 g/mol. The molecule has 0 amide bonds. The average Bonchev–Trinajstić information content (AvgIpc) is 2.01. The van der Waals surface area contributed by atoms with Crippen LogP contribution in [0.15, 0.2) is 23.0 Å². The molecule has 1 atom stereocenters. The quantitative estimate of drug-likeness (QED) is 0.497. The summed E-state index contributed by atoms with van der Waals surface area (Å²) in [5.74, 6) is -1.27. The van der Waals surface area contributed by atoms with Gasteiger partial charge in [-0.25, -0.2) is 4.79 Å². The number of nitrogens with zero attached hydrogens (tertiary/aromatic N) is 1. The molecule has 0 aromatic rings. The van der Waals surface area contributed by atoms with Crippen molar-refractivity contribution in [3.05, 3.63) is 33.2 Å². The molecule has 0 saturated carbocycles. The van der Waals surface area contributed by atoms with Crippen molar-refractivity contribution in [2.45, 2.75) is 19.9 Å². The highest BCUT2D eigenvalue weighted by atomic mass is 16.6. The fourth-order valence-electron chi connectivity index (χ4n) is 1.40. The van der Waals surface area contributed by atoms with Crippen LogP contribution < -0.4 is 5.32 Å². The van der Waals surface area contributed by atoms with Crippen molar-refractivity contribution >= 4 is 5.97 Å². The normalized spacial score (nSPS) is 21.3. The number of rotatable bonds is 2. The zero-order chi connectivity index (χ0) is 10.9. The summed E-state index contributed by atoms with van der Waals surface area (Å²) in [6.07, 6.45) is 1.26. The van der Waals surface area contributed by atoms with Crippen molar-refractivity contribution in [3.63, 3.8) is 0 Å². The van der Waals surface area contributed by atoms with E-state index >= 15 is 0 Å². The number of carboxylic acid groups (broad SMARTS) is 1. The molecule has 6 nitrogen and oxygen atoms in total. The van der Waals surface area contributed by atoms with Gasteiger partial charge >= 0.3 is 5.97 Å². The van der Waals surface area contributed by atoms with Crippen molar-refractivity contribution in [2.75, 3.05) is 0 Å². The first-order valence-corrected chi connectivity index (χ1v) is 4.00. The second kappa shape index (κ2) is 3.49. The summed E-state index contributed by atoms with van der Waals surface area (Å²) in [6.45, 7) is 3.22. The Hall–Kier alpha value is -1.85. The summed E-state index contributed by atoms with van der Waals surface area (Å²) < 4.78 is 0. The van der Waals surface area contributed by atoms with Gasteiger partial charge in [0.05, 0.1) is 4.92 Å². The van der Waals surface area contributed by atoms with E-state index < -0.39 is 16.9 Å². The molecule has 6 heteroatoms. The lowest BCUT2D eigenvalue weighted by Crippen LogP contribution is -2.35. The Morgan fingerprint density at radius 1 is 1.71 bits per heavy atom. The summed E-state index contributed by atoms with van der Waals surface area (Å²) in [7, 11) is 0. The first-order valence-electron chi connectivity index (χ1n) is 4.00. The minimum atomic E-state index is -1.27. The summed E-state index contributed by atoms with van der Waals surface area (Å²) in [4.78, 5) is 20.7. The summed E-state index contributed by atoms with van der Waals surface area (Å²) in [5.41, 5.74) is 0.0577. The van der Waals surface area contributed by atoms with Crippen LogP contribution in [0.1, 0.15) is 13.8 Å². The summed E-state index contributed by atoms with van der Waals surface area (Å²) >= 11 is 0. The van der Waals surface area contributed by atoms with E-state index in [9.17, 15) is 14.9 Å². The molecule has 0 fully saturated rings. The molecular weight excluding hydrogens is 188 g/mol. The van der Waals surface area contributed by atoms with Gasteiger partial charge in [-0.1, -0.05) is 0 Å². The number of carboxylic acids is 1. The van der Waals surface area contributed by atoms with Crippen LogP contribution in [-0.2, 0) is 4.79 Å². The molecular formula is C8H10N2O4. The van der Waals surface area contributed by atoms with Crippen molar-refractivity contribution in [1.82, 2.24) is 5.32 Å². The third-order valence-electron chi connectivity index (χ3n) is 1.92. The molecule has 0 aromatic heterocycles. The Kier molecular flexibility index (Phi) is 2.55. The van der Waals surface area contributed by atoms with E-state index in [4.69, 9.17) is 5.11 Å². The number of nitro groups is 1. The van der Waals surface area contributed by atoms with Crippen molar-refractivity contribution in [2.24, 2.45) is 0 Å². The molecule has 0 radical (unpaired) electrons. The van der Waals surface area contributed by atoms with Crippen LogP contribution in [0.5, 0.6) is 0 Å². The van der Waals surface area contributed by atoms with Crippen LogP contribution in [0, 0.1) is 10.1 Å². The Labute approximate surface area is 80.1 Å². The van der Waals surface area contributed by atoms with Crippen LogP contribution in [-0.4, -0.2) is 22.0 Å². The second-order valence-corrected chi connectivity index (χ2v) is 3.05. The molecule has 1 rings (SSSR count). The van der Waals surface area contributed by atoms with Crippen LogP contribution in [0.2, 0.25) is 0 Å². The maximum atomic E-state index is 10.7. The topological polar surface area (TPSA) is 92.5 Å². The van der Waals surface area contributed by atoms with E-state index in [1.807, 2.05) is 0 Å². The smallest absolute Gasteiger partial charge is 0.342 e. The Morgan fingerprint density at radius 3 is 2.71 bits per heavy atom. The molecule has 1 unspecified atom stereocenters. The van der Waals surface area contributed by atoms with Gasteiger partial charge in [0.15, 0.2) is 0 Å². The Balaban J connectivity index is 3.28. The van der Waals surface area contributed by atoms with Gasteiger partial charge in [0, 0.05) is 5.70 Å². The first-order chi connectivity index (χ1) is 6.43. The maximum Gasteiger partial charge on any atom is 0.342 e. The Bertz CT molecular complexity index is 356. The van der Waals surface area contributed by atoms with Crippen LogP contribution in [0.25, 0.3) is 0 Å². The molecule has 14 heavy (non-hydrogen) atoms. The highest BCUT2D eigenvalue weighted by Gasteiger charge is 2.31. The van der Waals surface area contributed by atoms with Crippen molar-refractivity contribution in [1.29, 1.82) is 0 Å². The maximum absolute atomic E-state index is 10.7. The number of nitrogens with one attached hydrogen (secondary N) is 1. The van der Waals surface area contributed by atoms with E-state index in [0.717, 1.165) is 0 Å². The van der Waals surface area contributed by atoms with Gasteiger partial charge in [0.2, 0.25) is 0 Å². The van der Waals surface area contributed by atoms with Gasteiger partial charge in [-0.2, -0.15) is 0 Å². The molecule has 0 aromatic carbocycles. The molecule has 1 heterocycles. The molecule has 76 valence electrons. The van der Waals surface area contributed by atoms with E-state index in [1.165, 1.54) is 6.08 Å². The van der Waals surface area contributed by atoms with E-state index in [0.29, 0.717) is 5.70 Å². The third kappa shape index (κ3) is 1.73. The number of allylic oxidation sites excluding steroid dienone is 1. The minimum absolute atomic E-state index is 0.251. The lowest BCUT2D eigenvalue weighted by molar-refractivity contribution is -0.430. The lowest BCUT2D eigenvalue weighted by atomic mass is 10.0. The van der Waals surface area contributed by atoms with Crippen LogP contribution in [0.4, 0.5) is 0 Å². The van der Waals surface area contributed by atoms with Gasteiger partial charge in [-0.15, -0.1) is 0 Å². The van der Waals surface area contributed by atoms with Crippen molar-refractivity contribution < 1.29 is 14.8 Å². The third-order valence-corrected chi connectivity index (χ3v) is 1.92. The monoisotopic (exact) mass is 198 g/mol. The molecule has 0 bridgehead atoms. The number of hydrogen-bond donors (Lipinski definition) is 2. The molecule has 0 spiro atoms. The molecule has 1 aliphatic heterocycles. The fourth-order valence-corrected chi connectivity index (χ4v) is 1.40. The predicted molar refractivity (Wildman–Crippen MR) is 48.0 cm³/mol. The Morgan fingerprint density at radius 2 is 2.29 bits per heavy atom. The van der Waals surface area contributed by atoms with Gasteiger partial charge in [-0.3, -0.25) is 10.1 Å². The number of carbonyl (C=O) groups is 1. The van der Waals surface area contributed by atoms with E-state index in [2.05, 4.69) is 5.32 Å². The van der Waals surface area contributed by atoms with Gasteiger partial charge in [0.1, 0.15) is 11.6 Å². The first kappa shape index (κ1) is 10.2. The molecule has 2 N–H and O–H groups in total. The number of hydrogen-bond acceptors (Lipinski definition) is 4. The SMILES string of the molecule is CC1=CC(C(=O)O)=C([N+](=O)[O-])C(C)N1. The summed E-state index contributed by atoms with van der Waals surface area (Å²) in [6, 6.07) is -0.582. The fraction of sp³-hybridized carbons (Fsp3) is 0.375. The zero-order valence-corrected chi connectivity index (χ0v) is 7.77. The van der Waals surface area contributed by atoms with Crippen molar-refractivity contribution in [3.8, 4) is 0 Å². The zero-order valence-electron chi connectivity index (χ0n) is 7.77. The summed E-state index contributed by atoms with van der Waals surface area (Å²) in [5, 5.41) is 22.2. The van der Waals surface area contributed by atoms with Crippen LogP contribution in [0.3, 0.4) is 0 Å². The largest absolute Gasteiger partial charge is 0.477 e. The number of aliphatic carboxylic acids is 1. The van der Waals surface area contributed by atoms with Gasteiger partial charge < -0.3 is 10.4 Å². The van der Waals surface area contributed by atoms with Gasteiger partial charge in [0.25, 0.3) is 5.70 Å². The molecule has 0 aliphatic carbocycles. The minimum Gasteiger partial charge on any atom is -0.477 e. The lowest BCUT2D eigenvalue weighted by Gasteiger charge is -2.18. The molecule has 1 aliphatic rings. The highest BCUT2D eigenvalue weighted by Crippen LogP contribution is 2.18. The van der Waals surface area contributed by atoms with Crippen LogP contribution >= 0.6 is 0 Å². The van der Waals surface area contributed by atoms with E-state index in [1.54, 1.807) is 13.8 Å². The second-order valence-electron chi connectivity index (χ2n) is 3.05. The van der Waals surface area contributed by atoms with Gasteiger partial charge in [-0.05, 0) is 19.9 Å². The number of dihydropyridines is 1. The standard InChI is InChI=1S/C8H10N2O4/c1-4-3-6(8(11)12)7(10(13)14)5(2)9-4/h3,5,9H,1-2H3,(H,11,12).